The van der Waals surface area contributed by atoms with Crippen molar-refractivity contribution in [2.75, 3.05) is 12.3 Å². The third-order valence-corrected chi connectivity index (χ3v) is 6.14. The highest BCUT2D eigenvalue weighted by molar-refractivity contribution is 7.91. The molecule has 1 atom stereocenters. The van der Waals surface area contributed by atoms with Crippen LogP contribution in [0.4, 0.5) is 0 Å². The van der Waals surface area contributed by atoms with E-state index >= 15 is 0 Å². The Bertz CT molecular complexity index is 798. The molecule has 0 saturated heterocycles. The standard InChI is InChI=1S/C16H22N4O2S/c1-12-3-4-13(2)15(9-12)23(21,22)8-7-17-14-5-6-16-18-11-19-20(16)10-14/h3-4,9,11,14,17H,5-8,10H2,1-2H3/t14-/m1/s1. The molecule has 0 unspecified atom stereocenters. The van der Waals surface area contributed by atoms with Crippen LogP contribution in [-0.4, -0.2) is 41.5 Å². The van der Waals surface area contributed by atoms with Crippen molar-refractivity contribution >= 4 is 9.84 Å². The van der Waals surface area contributed by atoms with Crippen LogP contribution in [0, 0.1) is 13.8 Å². The molecule has 2 aromatic rings. The Balaban J connectivity index is 1.59. The van der Waals surface area contributed by atoms with E-state index in [-0.39, 0.29) is 11.8 Å². The van der Waals surface area contributed by atoms with Crippen LogP contribution in [0.5, 0.6) is 0 Å². The summed E-state index contributed by atoms with van der Waals surface area (Å²) in [6.45, 7) is 4.95. The van der Waals surface area contributed by atoms with Crippen LogP contribution in [0.15, 0.2) is 29.4 Å². The molecule has 0 spiro atoms. The number of aryl methyl sites for hydroxylation is 3. The predicted octanol–water partition coefficient (Wildman–Crippen LogP) is 1.27. The number of nitrogens with one attached hydrogen (secondary N) is 1. The predicted molar refractivity (Wildman–Crippen MR) is 88.1 cm³/mol. The van der Waals surface area contributed by atoms with Crippen LogP contribution >= 0.6 is 0 Å². The van der Waals surface area contributed by atoms with Gasteiger partial charge in [0.25, 0.3) is 0 Å². The van der Waals surface area contributed by atoms with Crippen LogP contribution in [0.3, 0.4) is 0 Å². The fraction of sp³-hybridized carbons (Fsp3) is 0.500. The molecule has 1 aliphatic rings. The van der Waals surface area contributed by atoms with Crippen LogP contribution in [0.1, 0.15) is 23.4 Å². The molecule has 7 heteroatoms. The molecular formula is C16H22N4O2S. The molecule has 2 heterocycles. The lowest BCUT2D eigenvalue weighted by Crippen LogP contribution is -2.40. The van der Waals surface area contributed by atoms with E-state index in [0.29, 0.717) is 11.4 Å². The van der Waals surface area contributed by atoms with Crippen molar-refractivity contribution in [1.82, 2.24) is 20.1 Å². The van der Waals surface area contributed by atoms with E-state index in [9.17, 15) is 8.42 Å². The first-order valence-corrected chi connectivity index (χ1v) is 9.51. The summed E-state index contributed by atoms with van der Waals surface area (Å²) in [5.41, 5.74) is 1.77. The summed E-state index contributed by atoms with van der Waals surface area (Å²) in [6, 6.07) is 5.80. The van der Waals surface area contributed by atoms with Crippen molar-refractivity contribution in [3.63, 3.8) is 0 Å². The summed E-state index contributed by atoms with van der Waals surface area (Å²) in [6.07, 6.45) is 3.41. The highest BCUT2D eigenvalue weighted by atomic mass is 32.2. The molecule has 0 fully saturated rings. The molecule has 1 aliphatic heterocycles. The smallest absolute Gasteiger partial charge is 0.179 e. The minimum Gasteiger partial charge on any atom is -0.311 e. The van der Waals surface area contributed by atoms with Crippen molar-refractivity contribution in [1.29, 1.82) is 0 Å². The fourth-order valence-corrected chi connectivity index (χ4v) is 4.48. The second-order valence-corrected chi connectivity index (χ2v) is 8.21. The highest BCUT2D eigenvalue weighted by Crippen LogP contribution is 2.18. The molecule has 23 heavy (non-hydrogen) atoms. The maximum atomic E-state index is 12.5. The lowest BCUT2D eigenvalue weighted by Gasteiger charge is -2.23. The van der Waals surface area contributed by atoms with E-state index in [1.807, 2.05) is 30.7 Å². The largest absolute Gasteiger partial charge is 0.311 e. The number of hydrogen-bond acceptors (Lipinski definition) is 5. The van der Waals surface area contributed by atoms with Crippen molar-refractivity contribution < 1.29 is 8.42 Å². The number of benzene rings is 1. The quantitative estimate of drug-likeness (QED) is 0.891. The summed E-state index contributed by atoms with van der Waals surface area (Å²) in [4.78, 5) is 4.64. The van der Waals surface area contributed by atoms with Gasteiger partial charge in [-0.25, -0.2) is 18.1 Å². The van der Waals surface area contributed by atoms with Crippen molar-refractivity contribution in [3.05, 3.63) is 41.5 Å². The Labute approximate surface area is 136 Å². The summed E-state index contributed by atoms with van der Waals surface area (Å²) >= 11 is 0. The molecule has 0 aliphatic carbocycles. The number of nitrogens with zero attached hydrogens (tertiary/aromatic N) is 3. The number of aromatic nitrogens is 3. The Morgan fingerprint density at radius 3 is 3.00 bits per heavy atom. The first-order valence-electron chi connectivity index (χ1n) is 7.86. The van der Waals surface area contributed by atoms with Gasteiger partial charge in [0.15, 0.2) is 9.84 Å². The van der Waals surface area contributed by atoms with E-state index in [4.69, 9.17) is 0 Å². The molecule has 0 radical (unpaired) electrons. The molecular weight excluding hydrogens is 312 g/mol. The van der Waals surface area contributed by atoms with Crippen LogP contribution in [0.2, 0.25) is 0 Å². The second-order valence-electron chi connectivity index (χ2n) is 6.14. The maximum Gasteiger partial charge on any atom is 0.179 e. The topological polar surface area (TPSA) is 76.9 Å². The summed E-state index contributed by atoms with van der Waals surface area (Å²) in [5.74, 6) is 1.11. The zero-order valence-corrected chi connectivity index (χ0v) is 14.3. The number of sulfone groups is 1. The van der Waals surface area contributed by atoms with Gasteiger partial charge in [0.2, 0.25) is 0 Å². The lowest BCUT2D eigenvalue weighted by molar-refractivity contribution is 0.365. The van der Waals surface area contributed by atoms with Gasteiger partial charge in [-0.3, -0.25) is 0 Å². The lowest BCUT2D eigenvalue weighted by atomic mass is 10.1. The maximum absolute atomic E-state index is 12.5. The Morgan fingerprint density at radius 1 is 1.35 bits per heavy atom. The van der Waals surface area contributed by atoms with Crippen molar-refractivity contribution in [3.8, 4) is 0 Å². The first kappa shape index (κ1) is 16.1. The number of hydrogen-bond donors (Lipinski definition) is 1. The van der Waals surface area contributed by atoms with E-state index in [1.54, 1.807) is 12.4 Å². The van der Waals surface area contributed by atoms with E-state index in [2.05, 4.69) is 15.4 Å². The van der Waals surface area contributed by atoms with Crippen LogP contribution in [0.25, 0.3) is 0 Å². The fourth-order valence-electron chi connectivity index (χ4n) is 2.95. The van der Waals surface area contributed by atoms with Crippen LogP contribution < -0.4 is 5.32 Å². The van der Waals surface area contributed by atoms with Gasteiger partial charge in [-0.2, -0.15) is 5.10 Å². The van der Waals surface area contributed by atoms with E-state index < -0.39 is 9.84 Å². The normalized spacial score (nSPS) is 17.9. The first-order chi connectivity index (χ1) is 11.0. The highest BCUT2D eigenvalue weighted by Gasteiger charge is 2.21. The Morgan fingerprint density at radius 2 is 2.17 bits per heavy atom. The summed E-state index contributed by atoms with van der Waals surface area (Å²) < 4.78 is 27.0. The monoisotopic (exact) mass is 334 g/mol. The Hall–Kier alpha value is -1.73. The average molecular weight is 334 g/mol. The van der Waals surface area contributed by atoms with Gasteiger partial charge < -0.3 is 5.32 Å². The minimum absolute atomic E-state index is 0.109. The summed E-state index contributed by atoms with van der Waals surface area (Å²) in [7, 11) is -3.26. The molecule has 0 saturated carbocycles. The van der Waals surface area contributed by atoms with Crippen LogP contribution in [-0.2, 0) is 22.8 Å². The molecule has 0 amide bonds. The average Bonchev–Trinajstić information content (AvgIpc) is 2.97. The molecule has 1 N–H and O–H groups in total. The third-order valence-electron chi connectivity index (χ3n) is 4.29. The van der Waals surface area contributed by atoms with E-state index in [1.165, 1.54) is 0 Å². The van der Waals surface area contributed by atoms with Gasteiger partial charge in [-0.1, -0.05) is 12.1 Å². The minimum atomic E-state index is -3.26. The Kier molecular flexibility index (Phi) is 4.50. The molecule has 124 valence electrons. The van der Waals surface area contributed by atoms with E-state index in [0.717, 1.165) is 36.3 Å². The third kappa shape index (κ3) is 3.61. The van der Waals surface area contributed by atoms with Gasteiger partial charge in [-0.05, 0) is 37.5 Å². The summed E-state index contributed by atoms with van der Waals surface area (Å²) in [5, 5.41) is 7.52. The molecule has 6 nitrogen and oxygen atoms in total. The second kappa shape index (κ2) is 6.41. The van der Waals surface area contributed by atoms with Crippen molar-refractivity contribution in [2.45, 2.75) is 44.2 Å². The molecule has 0 bridgehead atoms. The molecule has 1 aromatic carbocycles. The van der Waals surface area contributed by atoms with Gasteiger partial charge in [-0.15, -0.1) is 0 Å². The van der Waals surface area contributed by atoms with Gasteiger partial charge in [0, 0.05) is 19.0 Å². The molecule has 1 aromatic heterocycles. The van der Waals surface area contributed by atoms with Gasteiger partial charge in [0.1, 0.15) is 12.2 Å². The van der Waals surface area contributed by atoms with Gasteiger partial charge in [0.05, 0.1) is 17.2 Å². The number of rotatable bonds is 5. The SMILES string of the molecule is Cc1ccc(C)c(S(=O)(=O)CCN[C@@H]2CCc3ncnn3C2)c1. The zero-order valence-electron chi connectivity index (χ0n) is 13.5. The zero-order chi connectivity index (χ0) is 16.4. The van der Waals surface area contributed by atoms with Gasteiger partial charge >= 0.3 is 0 Å². The molecule has 3 rings (SSSR count). The van der Waals surface area contributed by atoms with Crippen molar-refractivity contribution in [2.24, 2.45) is 0 Å². The number of fused-ring (bicyclic) bond motifs is 1.